The van der Waals surface area contributed by atoms with Gasteiger partial charge in [0, 0.05) is 38.4 Å². The third kappa shape index (κ3) is 3.58. The van der Waals surface area contributed by atoms with Gasteiger partial charge in [-0.15, -0.1) is 0 Å². The van der Waals surface area contributed by atoms with E-state index in [4.69, 9.17) is 30.2 Å². The fourth-order valence-electron chi connectivity index (χ4n) is 1.36. The molecule has 1 N–H and O–H groups in total. The molecule has 1 fully saturated rings. The molecular weight excluding hydrogens is 234 g/mol. The van der Waals surface area contributed by atoms with E-state index in [0.717, 1.165) is 6.92 Å². The van der Waals surface area contributed by atoms with Gasteiger partial charge in [0.15, 0.2) is 0 Å². The predicted octanol–water partition coefficient (Wildman–Crippen LogP) is 3.34. The zero-order valence-corrected chi connectivity index (χ0v) is 9.89. The summed E-state index contributed by atoms with van der Waals surface area (Å²) >= 11 is 0. The van der Waals surface area contributed by atoms with Crippen LogP contribution < -0.4 is 0 Å². The monoisotopic (exact) mass is 284 g/mol. The fourth-order valence-corrected chi connectivity index (χ4v) is 1.36. The van der Waals surface area contributed by atoms with Crippen molar-refractivity contribution in [1.29, 1.82) is 0 Å². The van der Waals surface area contributed by atoms with Crippen LogP contribution in [0.5, 0.6) is 0 Å². The average molecular weight is 285 g/mol. The number of nitrogens with zero attached hydrogens (tertiary/aromatic N) is 1. The number of hydrogen-bond donors (Lipinski definition) is 1. The third-order valence-corrected chi connectivity index (χ3v) is 2.20. The molecule has 1 aliphatic carbocycles. The van der Waals surface area contributed by atoms with Gasteiger partial charge in [0.05, 0.1) is 11.1 Å². The minimum Gasteiger partial charge on any atom is -0.389 e. The molecule has 0 bridgehead atoms. The lowest BCUT2D eigenvalue weighted by molar-refractivity contribution is -0.0277. The van der Waals surface area contributed by atoms with Gasteiger partial charge >= 0.3 is 0 Å². The van der Waals surface area contributed by atoms with Crippen LogP contribution in [0.1, 0.15) is 80.4 Å². The largest absolute Gasteiger partial charge is 0.389 e. The minimum atomic E-state index is -5.07. The second kappa shape index (κ2) is 6.06. The Morgan fingerprint density at radius 2 is 2.05 bits per heavy atom. The Morgan fingerprint density at radius 1 is 1.42 bits per heavy atom. The molecule has 1 saturated carbocycles. The molecule has 1 unspecified atom stereocenters. The summed E-state index contributed by atoms with van der Waals surface area (Å²) in [5.74, 6) is -4.83. The normalized spacial score (nSPS) is 55.2. The van der Waals surface area contributed by atoms with Crippen LogP contribution in [0.25, 0.3) is 0 Å². The van der Waals surface area contributed by atoms with E-state index in [2.05, 4.69) is 0 Å². The van der Waals surface area contributed by atoms with Gasteiger partial charge in [-0.25, -0.2) is 0 Å². The van der Waals surface area contributed by atoms with Crippen molar-refractivity contribution in [3.05, 3.63) is 35.3 Å². The predicted molar refractivity (Wildman–Crippen MR) is 80.5 cm³/mol. The summed E-state index contributed by atoms with van der Waals surface area (Å²) in [6, 6.07) is -5.29. The maximum absolute atomic E-state index is 12.1. The molecule has 0 amide bonds. The highest BCUT2D eigenvalue weighted by molar-refractivity contribution is 5.27. The number of likely N-dealkylation sites (N-methyl/N-ethyl adjacent to an activating group) is 1. The van der Waals surface area contributed by atoms with Crippen LogP contribution in [-0.4, -0.2) is 36.1 Å². The average Bonchev–Trinajstić information content (AvgIpc) is 2.76. The lowest BCUT2D eigenvalue weighted by atomic mass is 9.72. The summed E-state index contributed by atoms with van der Waals surface area (Å²) in [6.07, 6.45) is -22.5. The van der Waals surface area contributed by atoms with Crippen molar-refractivity contribution in [3.8, 4) is 0 Å². The molecule has 19 heavy (non-hydrogen) atoms. The molecule has 2 rings (SSSR count). The van der Waals surface area contributed by atoms with E-state index in [0.29, 0.717) is 0 Å². The summed E-state index contributed by atoms with van der Waals surface area (Å²) in [7, 11) is 0. The standard InChI is InChI=1S/C17H27NO/c1-14-7-9-15(10-8-14)16(13-18(2)3)17(19)11-5-4-6-12-17/h7-10,16,19H,4-6,11-13H2,1-3H3/i2D3,3D3,4D2,5D2,6D2,7D,8D,9D,10D,11D2,12D2,13D2,16D. The zero-order valence-electron chi connectivity index (χ0n) is 32.9. The minimum absolute atomic E-state index is 0.496. The van der Waals surface area contributed by atoms with Gasteiger partial charge in [0.25, 0.3) is 0 Å². The Kier molecular flexibility index (Phi) is 0.957. The number of aliphatic hydroxyl groups is 1. The van der Waals surface area contributed by atoms with Gasteiger partial charge in [-0.1, -0.05) is 48.9 Å². The molecule has 0 heterocycles. The second-order valence-corrected chi connectivity index (χ2v) is 3.66. The first kappa shape index (κ1) is 3.00. The molecule has 1 aromatic carbocycles. The van der Waals surface area contributed by atoms with Crippen molar-refractivity contribution in [2.75, 3.05) is 20.4 Å². The van der Waals surface area contributed by atoms with Gasteiger partial charge in [-0.3, -0.25) is 0 Å². The summed E-state index contributed by atoms with van der Waals surface area (Å²) in [5.41, 5.74) is -7.41. The first-order valence-corrected chi connectivity index (χ1v) is 5.14. The van der Waals surface area contributed by atoms with Crippen molar-refractivity contribution in [2.45, 2.75) is 50.3 Å². The van der Waals surface area contributed by atoms with E-state index in [1.165, 1.54) is 0 Å². The molecule has 1 aliphatic rings. The molecule has 0 aromatic heterocycles. The number of rotatable bonds is 4. The smallest absolute Gasteiger partial charge is 0.0728 e. The van der Waals surface area contributed by atoms with Crippen LogP contribution in [0, 0.1) is 6.92 Å². The molecule has 0 saturated heterocycles. The van der Waals surface area contributed by atoms with E-state index >= 15 is 0 Å². The van der Waals surface area contributed by atoms with Crippen LogP contribution in [0.3, 0.4) is 0 Å². The Morgan fingerprint density at radius 3 is 2.63 bits per heavy atom. The fraction of sp³-hybridized carbons (Fsp3) is 0.647. The van der Waals surface area contributed by atoms with Crippen molar-refractivity contribution < 1.29 is 36.6 Å². The van der Waals surface area contributed by atoms with Crippen LogP contribution in [0.2, 0.25) is 0 Å². The number of benzene rings is 1. The van der Waals surface area contributed by atoms with E-state index < -0.39 is 104 Å². The summed E-state index contributed by atoms with van der Waals surface area (Å²) < 4.78 is 189. The number of hydrogen-bond acceptors (Lipinski definition) is 2. The maximum atomic E-state index is 12.1. The highest BCUT2D eigenvalue weighted by atomic mass is 16.3. The van der Waals surface area contributed by atoms with Gasteiger partial charge in [-0.2, -0.15) is 0 Å². The third-order valence-electron chi connectivity index (χ3n) is 2.20. The highest BCUT2D eigenvalue weighted by Crippen LogP contribution is 2.40. The molecule has 106 valence electrons. The van der Waals surface area contributed by atoms with Crippen molar-refractivity contribution >= 4 is 0 Å². The molecule has 2 heteroatoms. The molecular formula is C17H27NO. The molecule has 2 nitrogen and oxygen atoms in total. The lowest BCUT2D eigenvalue weighted by Gasteiger charge is -2.40. The van der Waals surface area contributed by atoms with Gasteiger partial charge in [-0.05, 0) is 39.2 Å². The van der Waals surface area contributed by atoms with Gasteiger partial charge in [0.1, 0.15) is 0 Å². The lowest BCUT2D eigenvalue weighted by Crippen LogP contribution is -2.42. The van der Waals surface area contributed by atoms with Gasteiger partial charge in [0.2, 0.25) is 0 Å². The molecule has 1 aromatic rings. The quantitative estimate of drug-likeness (QED) is 0.917. The van der Waals surface area contributed by atoms with Crippen LogP contribution in [0.15, 0.2) is 24.2 Å². The maximum Gasteiger partial charge on any atom is 0.0728 e. The molecule has 1 atom stereocenters. The van der Waals surface area contributed by atoms with Crippen molar-refractivity contribution in [2.24, 2.45) is 0 Å². The Hall–Kier alpha value is -0.860. The summed E-state index contributed by atoms with van der Waals surface area (Å²) in [4.78, 5) is -1.09. The molecule has 0 radical (unpaired) electrons. The summed E-state index contributed by atoms with van der Waals surface area (Å²) in [6.45, 7) is -12.1. The zero-order chi connectivity index (χ0) is 34.0. The van der Waals surface area contributed by atoms with Gasteiger partial charge < -0.3 is 10.0 Å². The van der Waals surface area contributed by atoms with E-state index in [1.54, 1.807) is 0 Å². The van der Waals surface area contributed by atoms with Crippen LogP contribution >= 0.6 is 0 Å². The van der Waals surface area contributed by atoms with Crippen LogP contribution in [0.4, 0.5) is 0 Å². The summed E-state index contributed by atoms with van der Waals surface area (Å²) in [5, 5.41) is 12.1. The van der Waals surface area contributed by atoms with Crippen molar-refractivity contribution in [3.63, 3.8) is 0 Å². The van der Waals surface area contributed by atoms with E-state index in [-0.39, 0.29) is 0 Å². The highest BCUT2D eigenvalue weighted by Gasteiger charge is 2.38. The molecule has 0 aliphatic heterocycles. The molecule has 0 spiro atoms. The Balaban J connectivity index is 3.53. The topological polar surface area (TPSA) is 23.5 Å². The first-order chi connectivity index (χ1) is 18.0. The van der Waals surface area contributed by atoms with Crippen molar-refractivity contribution in [1.82, 2.24) is 4.90 Å². The van der Waals surface area contributed by atoms with E-state index in [1.807, 2.05) is 0 Å². The Bertz CT molecular complexity index is 1190. The van der Waals surface area contributed by atoms with E-state index in [9.17, 15) is 6.48 Å². The SMILES string of the molecule is [2H]c1c([2H])c(C([2H])(C([2H])([2H])N(C([2H])([2H])[2H])C([2H])([2H])[2H])C2(O)C([2H])([2H])C([2H])([2H])C([2H])([2H])C([2H])([2H])C2([2H])[2H])c([2H])c([2H])c1C. The first-order valence-electron chi connectivity index (χ1n) is 16.6. The van der Waals surface area contributed by atoms with Crippen LogP contribution in [-0.2, 0) is 0 Å². The second-order valence-electron chi connectivity index (χ2n) is 3.66. The Labute approximate surface area is 149 Å².